The molecule has 2 nitrogen and oxygen atoms in total. The van der Waals surface area contributed by atoms with Gasteiger partial charge in [0.25, 0.3) is 0 Å². The van der Waals surface area contributed by atoms with E-state index in [1.54, 1.807) is 0 Å². The molecule has 1 saturated carbocycles. The van der Waals surface area contributed by atoms with E-state index in [4.69, 9.17) is 11.6 Å². The molecule has 1 aliphatic rings. The summed E-state index contributed by atoms with van der Waals surface area (Å²) in [5.41, 5.74) is 0.726. The Morgan fingerprint density at radius 3 is 2.71 bits per heavy atom. The van der Waals surface area contributed by atoms with Crippen LogP contribution in [0.4, 0.5) is 0 Å². The molecular formula is C18H28ClNO. The largest absolute Gasteiger partial charge is 0.389 e. The first-order valence-electron chi connectivity index (χ1n) is 8.23. The van der Waals surface area contributed by atoms with Gasteiger partial charge < -0.3 is 10.4 Å². The zero-order chi connectivity index (χ0) is 15.3. The minimum Gasteiger partial charge on any atom is -0.389 e. The molecule has 3 unspecified atom stereocenters. The van der Waals surface area contributed by atoms with Crippen molar-refractivity contribution in [3.05, 3.63) is 34.9 Å². The van der Waals surface area contributed by atoms with Crippen LogP contribution in [0.25, 0.3) is 0 Å². The van der Waals surface area contributed by atoms with Gasteiger partial charge in [-0.1, -0.05) is 56.8 Å². The number of hydrogen-bond donors (Lipinski definition) is 2. The molecule has 0 aromatic heterocycles. The zero-order valence-electron chi connectivity index (χ0n) is 13.2. The van der Waals surface area contributed by atoms with Crippen molar-refractivity contribution in [2.24, 2.45) is 5.92 Å². The van der Waals surface area contributed by atoms with Gasteiger partial charge in [-0.05, 0) is 42.9 Å². The summed E-state index contributed by atoms with van der Waals surface area (Å²) in [5, 5.41) is 15.1. The van der Waals surface area contributed by atoms with Gasteiger partial charge in [-0.15, -0.1) is 0 Å². The van der Waals surface area contributed by atoms with Crippen molar-refractivity contribution in [1.82, 2.24) is 5.32 Å². The third-order valence-electron chi connectivity index (χ3n) is 4.59. The molecule has 2 N–H and O–H groups in total. The smallest absolute Gasteiger partial charge is 0.0774 e. The average Bonchev–Trinajstić information content (AvgIpc) is 2.44. The lowest BCUT2D eigenvalue weighted by atomic mass is 9.78. The van der Waals surface area contributed by atoms with Crippen LogP contribution in [-0.4, -0.2) is 17.3 Å². The quantitative estimate of drug-likeness (QED) is 0.797. The SMILES string of the molecule is CCCC(NCC1(O)CCCC(C)C1)c1ccc(Cl)cc1. The Labute approximate surface area is 133 Å². The highest BCUT2D eigenvalue weighted by Crippen LogP contribution is 2.32. The van der Waals surface area contributed by atoms with Crippen LogP contribution < -0.4 is 5.32 Å². The fourth-order valence-electron chi connectivity index (χ4n) is 3.48. The summed E-state index contributed by atoms with van der Waals surface area (Å²) >= 11 is 5.97. The highest BCUT2D eigenvalue weighted by atomic mass is 35.5. The normalized spacial score (nSPS) is 27.5. The number of halogens is 1. The summed E-state index contributed by atoms with van der Waals surface area (Å²) in [7, 11) is 0. The molecule has 3 atom stereocenters. The summed E-state index contributed by atoms with van der Waals surface area (Å²) in [6, 6.07) is 8.36. The van der Waals surface area contributed by atoms with Gasteiger partial charge in [-0.3, -0.25) is 0 Å². The molecule has 21 heavy (non-hydrogen) atoms. The first-order chi connectivity index (χ1) is 10.0. The van der Waals surface area contributed by atoms with Crippen molar-refractivity contribution in [2.75, 3.05) is 6.54 Å². The molecule has 0 bridgehead atoms. The third-order valence-corrected chi connectivity index (χ3v) is 4.85. The molecule has 1 fully saturated rings. The summed E-state index contributed by atoms with van der Waals surface area (Å²) < 4.78 is 0. The van der Waals surface area contributed by atoms with Gasteiger partial charge in [0.2, 0.25) is 0 Å². The number of rotatable bonds is 6. The highest BCUT2D eigenvalue weighted by Gasteiger charge is 2.32. The fourth-order valence-corrected chi connectivity index (χ4v) is 3.60. The number of benzene rings is 1. The van der Waals surface area contributed by atoms with Gasteiger partial charge in [0.05, 0.1) is 5.60 Å². The molecule has 118 valence electrons. The van der Waals surface area contributed by atoms with Crippen molar-refractivity contribution in [2.45, 2.75) is 64.0 Å². The van der Waals surface area contributed by atoms with E-state index in [2.05, 4.69) is 31.3 Å². The Morgan fingerprint density at radius 2 is 2.10 bits per heavy atom. The maximum atomic E-state index is 10.8. The molecule has 0 heterocycles. The molecule has 0 amide bonds. The maximum Gasteiger partial charge on any atom is 0.0774 e. The van der Waals surface area contributed by atoms with Crippen LogP contribution in [0.2, 0.25) is 5.02 Å². The van der Waals surface area contributed by atoms with Gasteiger partial charge >= 0.3 is 0 Å². The second-order valence-corrected chi connectivity index (χ2v) is 7.14. The Hall–Kier alpha value is -0.570. The average molecular weight is 310 g/mol. The lowest BCUT2D eigenvalue weighted by Gasteiger charge is -2.37. The second kappa shape index (κ2) is 7.62. The molecule has 1 aromatic rings. The lowest BCUT2D eigenvalue weighted by molar-refractivity contribution is -0.0140. The van der Waals surface area contributed by atoms with Gasteiger partial charge in [-0.25, -0.2) is 0 Å². The van der Waals surface area contributed by atoms with E-state index in [1.165, 1.54) is 12.0 Å². The van der Waals surface area contributed by atoms with Crippen molar-refractivity contribution in [3.8, 4) is 0 Å². The first kappa shape index (κ1) is 16.8. The van der Waals surface area contributed by atoms with E-state index >= 15 is 0 Å². The minimum absolute atomic E-state index is 0.300. The van der Waals surface area contributed by atoms with Crippen LogP contribution in [0.1, 0.15) is 64.0 Å². The summed E-state index contributed by atoms with van der Waals surface area (Å²) in [5.74, 6) is 0.630. The fraction of sp³-hybridized carbons (Fsp3) is 0.667. The van der Waals surface area contributed by atoms with Crippen molar-refractivity contribution in [3.63, 3.8) is 0 Å². The molecular weight excluding hydrogens is 282 g/mol. The monoisotopic (exact) mass is 309 g/mol. The van der Waals surface area contributed by atoms with E-state index < -0.39 is 5.60 Å². The van der Waals surface area contributed by atoms with Crippen LogP contribution in [-0.2, 0) is 0 Å². The molecule has 2 rings (SSSR count). The molecule has 1 aliphatic carbocycles. The van der Waals surface area contributed by atoms with Gasteiger partial charge in [0, 0.05) is 17.6 Å². The van der Waals surface area contributed by atoms with Crippen molar-refractivity contribution in [1.29, 1.82) is 0 Å². The number of aliphatic hydroxyl groups is 1. The highest BCUT2D eigenvalue weighted by molar-refractivity contribution is 6.30. The summed E-state index contributed by atoms with van der Waals surface area (Å²) in [6.45, 7) is 5.12. The van der Waals surface area contributed by atoms with E-state index in [9.17, 15) is 5.11 Å². The van der Waals surface area contributed by atoms with E-state index in [0.717, 1.165) is 37.1 Å². The Morgan fingerprint density at radius 1 is 1.38 bits per heavy atom. The van der Waals surface area contributed by atoms with E-state index in [1.807, 2.05) is 12.1 Å². The van der Waals surface area contributed by atoms with E-state index in [0.29, 0.717) is 18.5 Å². The standard InChI is InChI=1S/C18H28ClNO/c1-3-5-17(15-7-9-16(19)10-8-15)20-13-18(21)11-4-6-14(2)12-18/h7-10,14,17,20-21H,3-6,11-13H2,1-2H3. The van der Waals surface area contributed by atoms with Gasteiger partial charge in [0.1, 0.15) is 0 Å². The topological polar surface area (TPSA) is 32.3 Å². The van der Waals surface area contributed by atoms with Crippen LogP contribution in [0.5, 0.6) is 0 Å². The molecule has 3 heteroatoms. The minimum atomic E-state index is -0.532. The summed E-state index contributed by atoms with van der Waals surface area (Å²) in [4.78, 5) is 0. The molecule has 1 aromatic carbocycles. The van der Waals surface area contributed by atoms with Gasteiger partial charge in [0.15, 0.2) is 0 Å². The molecule has 0 aliphatic heterocycles. The maximum absolute atomic E-state index is 10.8. The Balaban J connectivity index is 1.98. The Bertz CT molecular complexity index is 433. The number of nitrogens with one attached hydrogen (secondary N) is 1. The van der Waals surface area contributed by atoms with Crippen LogP contribution in [0, 0.1) is 5.92 Å². The summed E-state index contributed by atoms with van der Waals surface area (Å²) in [6.07, 6.45) is 6.42. The zero-order valence-corrected chi connectivity index (χ0v) is 14.0. The van der Waals surface area contributed by atoms with Crippen LogP contribution in [0.15, 0.2) is 24.3 Å². The van der Waals surface area contributed by atoms with Crippen molar-refractivity contribution >= 4 is 11.6 Å². The molecule has 0 radical (unpaired) electrons. The predicted molar refractivity (Wildman–Crippen MR) is 89.7 cm³/mol. The molecule has 0 spiro atoms. The van der Waals surface area contributed by atoms with E-state index in [-0.39, 0.29) is 0 Å². The van der Waals surface area contributed by atoms with Gasteiger partial charge in [-0.2, -0.15) is 0 Å². The van der Waals surface area contributed by atoms with Crippen LogP contribution >= 0.6 is 11.6 Å². The molecule has 0 saturated heterocycles. The first-order valence-corrected chi connectivity index (χ1v) is 8.61. The lowest BCUT2D eigenvalue weighted by Crippen LogP contribution is -2.45. The second-order valence-electron chi connectivity index (χ2n) is 6.70. The Kier molecular flexibility index (Phi) is 6.09. The predicted octanol–water partition coefficient (Wildman–Crippen LogP) is 4.71. The number of hydrogen-bond acceptors (Lipinski definition) is 2. The third kappa shape index (κ3) is 4.98. The van der Waals surface area contributed by atoms with Crippen molar-refractivity contribution < 1.29 is 5.11 Å². The van der Waals surface area contributed by atoms with Crippen LogP contribution in [0.3, 0.4) is 0 Å².